The molecule has 0 spiro atoms. The van der Waals surface area contributed by atoms with E-state index in [0.717, 1.165) is 16.7 Å². The summed E-state index contributed by atoms with van der Waals surface area (Å²) in [5, 5.41) is 7.06. The van der Waals surface area contributed by atoms with E-state index in [1.165, 1.54) is 0 Å². The maximum atomic E-state index is 8.41. The maximum Gasteiger partial charge on any atom is 0.159 e. The Kier molecular flexibility index (Phi) is 4.35. The number of benzene rings is 2. The van der Waals surface area contributed by atoms with Crippen LogP contribution < -0.4 is 0 Å². The molecule has 0 saturated heterocycles. The molecule has 0 amide bonds. The lowest BCUT2D eigenvalue weighted by molar-refractivity contribution is 1.18. The number of nitrogens with zero attached hydrogens (tertiary/aromatic N) is 8. The zero-order chi connectivity index (χ0) is 16.8. The van der Waals surface area contributed by atoms with Gasteiger partial charge in [0.15, 0.2) is 5.82 Å². The first kappa shape index (κ1) is 15.1. The van der Waals surface area contributed by atoms with E-state index in [4.69, 9.17) is 11.1 Å². The summed E-state index contributed by atoms with van der Waals surface area (Å²) in [6.07, 6.45) is 3.46. The highest BCUT2D eigenvalue weighted by Gasteiger charge is 2.03. The summed E-state index contributed by atoms with van der Waals surface area (Å²) in [4.78, 5) is 14.2. The van der Waals surface area contributed by atoms with Gasteiger partial charge in [0.25, 0.3) is 0 Å². The standard InChI is InChI=1S/C16H10N8/c17-23-21-14-5-1-11(2-6-14)13-9-19-16(20-10-13)12-3-7-15(8-4-12)22-24-18/h1-10H. The number of azide groups is 2. The van der Waals surface area contributed by atoms with Crippen molar-refractivity contribution in [1.29, 1.82) is 0 Å². The van der Waals surface area contributed by atoms with Crippen molar-refractivity contribution < 1.29 is 0 Å². The van der Waals surface area contributed by atoms with Crippen LogP contribution in [0.5, 0.6) is 0 Å². The zero-order valence-corrected chi connectivity index (χ0v) is 12.4. The summed E-state index contributed by atoms with van der Waals surface area (Å²) >= 11 is 0. The Morgan fingerprint density at radius 1 is 0.625 bits per heavy atom. The Balaban J connectivity index is 1.84. The van der Waals surface area contributed by atoms with Crippen molar-refractivity contribution >= 4 is 11.4 Å². The second-order valence-electron chi connectivity index (χ2n) is 4.77. The molecular weight excluding hydrogens is 304 g/mol. The van der Waals surface area contributed by atoms with Gasteiger partial charge in [-0.15, -0.1) is 0 Å². The van der Waals surface area contributed by atoms with Crippen molar-refractivity contribution in [2.24, 2.45) is 10.2 Å². The van der Waals surface area contributed by atoms with Crippen LogP contribution in [0.4, 0.5) is 11.4 Å². The molecule has 0 radical (unpaired) electrons. The second kappa shape index (κ2) is 6.93. The van der Waals surface area contributed by atoms with Crippen LogP contribution in [0.3, 0.4) is 0 Å². The predicted octanol–water partition coefficient (Wildman–Crippen LogP) is 5.69. The Labute approximate surface area is 136 Å². The lowest BCUT2D eigenvalue weighted by Gasteiger charge is -2.04. The average Bonchev–Trinajstić information content (AvgIpc) is 2.64. The van der Waals surface area contributed by atoms with E-state index >= 15 is 0 Å². The molecule has 0 aliphatic heterocycles. The fraction of sp³-hybridized carbons (Fsp3) is 0. The van der Waals surface area contributed by atoms with Crippen LogP contribution in [0.1, 0.15) is 0 Å². The zero-order valence-electron chi connectivity index (χ0n) is 12.4. The predicted molar refractivity (Wildman–Crippen MR) is 90.5 cm³/mol. The van der Waals surface area contributed by atoms with Crippen molar-refractivity contribution in [1.82, 2.24) is 9.97 Å². The fourth-order valence-corrected chi connectivity index (χ4v) is 2.13. The molecule has 8 nitrogen and oxygen atoms in total. The normalized spacial score (nSPS) is 9.67. The van der Waals surface area contributed by atoms with Crippen molar-refractivity contribution in [2.45, 2.75) is 0 Å². The molecule has 3 aromatic rings. The number of rotatable bonds is 4. The summed E-state index contributed by atoms with van der Waals surface area (Å²) in [7, 11) is 0. The first-order valence-corrected chi connectivity index (χ1v) is 6.93. The Morgan fingerprint density at radius 3 is 1.54 bits per heavy atom. The molecule has 8 heteroatoms. The largest absolute Gasteiger partial charge is 0.236 e. The SMILES string of the molecule is [N-]=[N+]=Nc1ccc(-c2cnc(-c3ccc(N=[N+]=[N-])cc3)nc2)cc1. The molecule has 1 heterocycles. The molecule has 0 N–H and O–H groups in total. The third-order valence-electron chi connectivity index (χ3n) is 3.30. The molecule has 0 aliphatic carbocycles. The lowest BCUT2D eigenvalue weighted by atomic mass is 10.1. The molecule has 0 atom stereocenters. The average molecular weight is 314 g/mol. The highest BCUT2D eigenvalue weighted by molar-refractivity contribution is 5.65. The molecular formula is C16H10N8. The lowest BCUT2D eigenvalue weighted by Crippen LogP contribution is -1.89. The Hall–Kier alpha value is -3.86. The van der Waals surface area contributed by atoms with Gasteiger partial charge in [-0.3, -0.25) is 0 Å². The van der Waals surface area contributed by atoms with E-state index in [1.54, 1.807) is 48.8 Å². The highest BCUT2D eigenvalue weighted by atomic mass is 15.1. The van der Waals surface area contributed by atoms with Crippen molar-refractivity contribution in [3.63, 3.8) is 0 Å². The maximum absolute atomic E-state index is 8.41. The number of aromatic nitrogens is 2. The van der Waals surface area contributed by atoms with Crippen LogP contribution in [-0.2, 0) is 0 Å². The van der Waals surface area contributed by atoms with Crippen LogP contribution in [0.25, 0.3) is 43.4 Å². The highest BCUT2D eigenvalue weighted by Crippen LogP contribution is 2.24. The molecule has 0 bridgehead atoms. The minimum absolute atomic E-state index is 0.540. The first-order valence-electron chi connectivity index (χ1n) is 6.93. The van der Waals surface area contributed by atoms with Crippen LogP contribution in [0, 0.1) is 0 Å². The summed E-state index contributed by atoms with van der Waals surface area (Å²) in [6.45, 7) is 0. The van der Waals surface area contributed by atoms with Crippen molar-refractivity contribution in [2.75, 3.05) is 0 Å². The minimum atomic E-state index is 0.540. The molecule has 114 valence electrons. The van der Waals surface area contributed by atoms with Gasteiger partial charge in [-0.1, -0.05) is 58.8 Å². The molecule has 1 aromatic heterocycles. The van der Waals surface area contributed by atoms with Gasteiger partial charge < -0.3 is 0 Å². The van der Waals surface area contributed by atoms with E-state index in [2.05, 4.69) is 30.0 Å². The Morgan fingerprint density at radius 2 is 1.08 bits per heavy atom. The van der Waals surface area contributed by atoms with E-state index in [-0.39, 0.29) is 0 Å². The molecule has 3 rings (SSSR count). The molecule has 24 heavy (non-hydrogen) atoms. The monoisotopic (exact) mass is 314 g/mol. The van der Waals surface area contributed by atoms with Crippen LogP contribution >= 0.6 is 0 Å². The van der Waals surface area contributed by atoms with E-state index in [0.29, 0.717) is 17.2 Å². The van der Waals surface area contributed by atoms with E-state index in [1.807, 2.05) is 12.1 Å². The minimum Gasteiger partial charge on any atom is -0.236 e. The molecule has 0 fully saturated rings. The first-order chi connectivity index (χ1) is 11.8. The summed E-state index contributed by atoms with van der Waals surface area (Å²) in [6, 6.07) is 14.2. The topological polar surface area (TPSA) is 123 Å². The number of hydrogen-bond donors (Lipinski definition) is 0. The van der Waals surface area contributed by atoms with Gasteiger partial charge in [-0.2, -0.15) is 0 Å². The summed E-state index contributed by atoms with van der Waals surface area (Å²) in [5.74, 6) is 0.580. The van der Waals surface area contributed by atoms with Crippen molar-refractivity contribution in [3.8, 4) is 22.5 Å². The van der Waals surface area contributed by atoms with Crippen LogP contribution in [-0.4, -0.2) is 9.97 Å². The number of hydrogen-bond acceptors (Lipinski definition) is 4. The third-order valence-corrected chi connectivity index (χ3v) is 3.30. The molecule has 0 saturated carbocycles. The smallest absolute Gasteiger partial charge is 0.159 e. The summed E-state index contributed by atoms with van der Waals surface area (Å²) < 4.78 is 0. The molecule has 2 aromatic carbocycles. The van der Waals surface area contributed by atoms with Gasteiger partial charge in [0, 0.05) is 44.7 Å². The van der Waals surface area contributed by atoms with Gasteiger partial charge in [0.05, 0.1) is 0 Å². The van der Waals surface area contributed by atoms with Crippen LogP contribution in [0.15, 0.2) is 71.2 Å². The van der Waals surface area contributed by atoms with Gasteiger partial charge in [0.1, 0.15) is 0 Å². The molecule has 0 unspecified atom stereocenters. The fourth-order valence-electron chi connectivity index (χ4n) is 2.13. The third kappa shape index (κ3) is 3.31. The summed E-state index contributed by atoms with van der Waals surface area (Å²) in [5.41, 5.74) is 20.5. The van der Waals surface area contributed by atoms with Crippen LogP contribution in [0.2, 0.25) is 0 Å². The van der Waals surface area contributed by atoms with Crippen molar-refractivity contribution in [3.05, 3.63) is 81.8 Å². The molecule has 0 aliphatic rings. The quantitative estimate of drug-likeness (QED) is 0.348. The van der Waals surface area contributed by atoms with E-state index < -0.39 is 0 Å². The Bertz CT molecular complexity index is 852. The van der Waals surface area contributed by atoms with Gasteiger partial charge >= 0.3 is 0 Å². The van der Waals surface area contributed by atoms with Gasteiger partial charge in [0.2, 0.25) is 0 Å². The van der Waals surface area contributed by atoms with Gasteiger partial charge in [-0.25, -0.2) is 9.97 Å². The van der Waals surface area contributed by atoms with E-state index in [9.17, 15) is 0 Å². The second-order valence-corrected chi connectivity index (χ2v) is 4.77. The van der Waals surface area contributed by atoms with Gasteiger partial charge in [-0.05, 0) is 16.6 Å².